The number of hydrogen-bond donors (Lipinski definition) is 0. The average molecular weight is 385 g/mol. The summed E-state index contributed by atoms with van der Waals surface area (Å²) >= 11 is 3.39. The fourth-order valence-electron chi connectivity index (χ4n) is 1.77. The largest absolute Gasteiger partial charge is 0.462 e. The van der Waals surface area contributed by atoms with Gasteiger partial charge in [-0.2, -0.15) is 0 Å². The third-order valence-electron chi connectivity index (χ3n) is 3.11. The summed E-state index contributed by atoms with van der Waals surface area (Å²) in [4.78, 5) is 24.6. The van der Waals surface area contributed by atoms with Gasteiger partial charge in [-0.1, -0.05) is 50.0 Å². The second-order valence-corrected chi connectivity index (χ2v) is 7.63. The maximum absolute atomic E-state index is 12.4. The normalized spacial score (nSPS) is 11.2. The van der Waals surface area contributed by atoms with E-state index in [4.69, 9.17) is 9.47 Å². The van der Waals surface area contributed by atoms with E-state index < -0.39 is 11.9 Å². The van der Waals surface area contributed by atoms with Gasteiger partial charge in [0.25, 0.3) is 0 Å². The number of aryl methyl sites for hydroxylation is 1. The molecule has 4 nitrogen and oxygen atoms in total. The van der Waals surface area contributed by atoms with Crippen molar-refractivity contribution < 1.29 is 19.1 Å². The van der Waals surface area contributed by atoms with E-state index in [9.17, 15) is 9.59 Å². The molecule has 128 valence electrons. The molecule has 0 unspecified atom stereocenters. The molecule has 0 spiro atoms. The maximum Gasteiger partial charge on any atom is 0.339 e. The molecule has 23 heavy (non-hydrogen) atoms. The molecule has 1 aromatic carbocycles. The average Bonchev–Trinajstić information content (AvgIpc) is 2.46. The number of unbranched alkanes of at least 4 members (excludes halogenated alkanes) is 1. The van der Waals surface area contributed by atoms with E-state index >= 15 is 0 Å². The van der Waals surface area contributed by atoms with Crippen molar-refractivity contribution in [1.82, 2.24) is 0 Å². The highest BCUT2D eigenvalue weighted by Crippen LogP contribution is 2.24. The van der Waals surface area contributed by atoms with Crippen LogP contribution in [0.3, 0.4) is 0 Å². The Bertz CT molecular complexity index is 573. The summed E-state index contributed by atoms with van der Waals surface area (Å²) in [6.45, 7) is 10.4. The molecule has 0 aromatic heterocycles. The van der Waals surface area contributed by atoms with Crippen molar-refractivity contribution >= 4 is 27.9 Å². The Labute approximate surface area is 146 Å². The first-order valence-electron chi connectivity index (χ1n) is 7.80. The highest BCUT2D eigenvalue weighted by Gasteiger charge is 2.23. The van der Waals surface area contributed by atoms with Gasteiger partial charge in [-0.25, -0.2) is 9.59 Å². The molecule has 0 aliphatic rings. The lowest BCUT2D eigenvalue weighted by atomic mass is 9.98. The van der Waals surface area contributed by atoms with Gasteiger partial charge in [0.2, 0.25) is 0 Å². The Balaban J connectivity index is 3.02. The molecule has 0 N–H and O–H groups in total. The third-order valence-corrected chi connectivity index (χ3v) is 3.96. The lowest BCUT2D eigenvalue weighted by molar-refractivity contribution is 0.0352. The molecule has 0 atom stereocenters. The lowest BCUT2D eigenvalue weighted by Gasteiger charge is -2.18. The van der Waals surface area contributed by atoms with E-state index in [-0.39, 0.29) is 23.1 Å². The van der Waals surface area contributed by atoms with Crippen LogP contribution in [0.15, 0.2) is 16.6 Å². The van der Waals surface area contributed by atoms with Crippen LogP contribution in [0.5, 0.6) is 0 Å². The van der Waals surface area contributed by atoms with E-state index in [1.165, 1.54) is 0 Å². The Morgan fingerprint density at radius 2 is 1.65 bits per heavy atom. The van der Waals surface area contributed by atoms with E-state index in [0.717, 1.165) is 22.9 Å². The topological polar surface area (TPSA) is 52.6 Å². The van der Waals surface area contributed by atoms with Crippen LogP contribution in [0, 0.1) is 12.3 Å². The van der Waals surface area contributed by atoms with E-state index in [0.29, 0.717) is 6.61 Å². The number of carbonyl (C=O) groups excluding carboxylic acids is 2. The van der Waals surface area contributed by atoms with Crippen LogP contribution in [0.2, 0.25) is 0 Å². The Morgan fingerprint density at radius 1 is 1.09 bits per heavy atom. The molecule has 0 fully saturated rings. The number of halogens is 1. The van der Waals surface area contributed by atoms with Gasteiger partial charge in [0.15, 0.2) is 0 Å². The van der Waals surface area contributed by atoms with Crippen molar-refractivity contribution in [2.24, 2.45) is 5.41 Å². The zero-order valence-corrected chi connectivity index (χ0v) is 16.1. The van der Waals surface area contributed by atoms with Gasteiger partial charge >= 0.3 is 11.9 Å². The van der Waals surface area contributed by atoms with Crippen LogP contribution < -0.4 is 0 Å². The summed E-state index contributed by atoms with van der Waals surface area (Å²) in [6.07, 6.45) is 1.73. The van der Waals surface area contributed by atoms with Gasteiger partial charge < -0.3 is 9.47 Å². The number of rotatable bonds is 6. The molecule has 0 aliphatic carbocycles. The minimum Gasteiger partial charge on any atom is -0.462 e. The van der Waals surface area contributed by atoms with Crippen LogP contribution >= 0.6 is 15.9 Å². The van der Waals surface area contributed by atoms with Crippen molar-refractivity contribution in [3.05, 3.63) is 33.3 Å². The summed E-state index contributed by atoms with van der Waals surface area (Å²) in [7, 11) is 0. The van der Waals surface area contributed by atoms with Gasteiger partial charge in [-0.3, -0.25) is 0 Å². The van der Waals surface area contributed by atoms with E-state index in [2.05, 4.69) is 15.9 Å². The second-order valence-electron chi connectivity index (χ2n) is 6.77. The minimum absolute atomic E-state index is 0.137. The molecule has 0 aliphatic heterocycles. The third kappa shape index (κ3) is 6.34. The van der Waals surface area contributed by atoms with Gasteiger partial charge in [0.1, 0.15) is 0 Å². The van der Waals surface area contributed by atoms with Crippen molar-refractivity contribution in [2.75, 3.05) is 13.2 Å². The molecule has 1 rings (SSSR count). The second kappa shape index (κ2) is 8.48. The van der Waals surface area contributed by atoms with Gasteiger partial charge in [0, 0.05) is 4.47 Å². The SMILES string of the molecule is CCCCOC(=O)c1cc(Br)c(C)cc1C(=O)OCC(C)(C)C. The molecular weight excluding hydrogens is 360 g/mol. The number of hydrogen-bond acceptors (Lipinski definition) is 4. The van der Waals surface area contributed by atoms with Gasteiger partial charge in [-0.05, 0) is 36.5 Å². The van der Waals surface area contributed by atoms with Crippen LogP contribution in [-0.2, 0) is 9.47 Å². The molecular formula is C18H25BrO4. The molecule has 0 radical (unpaired) electrons. The molecule has 0 saturated heterocycles. The minimum atomic E-state index is -0.502. The monoisotopic (exact) mass is 384 g/mol. The Hall–Kier alpha value is -1.36. The standard InChI is InChI=1S/C18H25BrO4/c1-6-7-8-22-16(20)14-10-15(19)12(2)9-13(14)17(21)23-11-18(3,4)5/h9-10H,6-8,11H2,1-5H3. The fraction of sp³-hybridized carbons (Fsp3) is 0.556. The molecule has 5 heteroatoms. The lowest BCUT2D eigenvalue weighted by Crippen LogP contribution is -2.21. The maximum atomic E-state index is 12.4. The Kier molecular flexibility index (Phi) is 7.26. The number of ether oxygens (including phenoxy) is 2. The summed E-state index contributed by atoms with van der Waals surface area (Å²) in [6, 6.07) is 3.28. The summed E-state index contributed by atoms with van der Waals surface area (Å²) < 4.78 is 11.3. The number of benzene rings is 1. The summed E-state index contributed by atoms with van der Waals surface area (Å²) in [5.41, 5.74) is 1.20. The number of carbonyl (C=O) groups is 2. The highest BCUT2D eigenvalue weighted by molar-refractivity contribution is 9.10. The Morgan fingerprint density at radius 3 is 2.22 bits per heavy atom. The van der Waals surface area contributed by atoms with E-state index in [1.54, 1.807) is 12.1 Å². The van der Waals surface area contributed by atoms with Crippen LogP contribution in [-0.4, -0.2) is 25.2 Å². The van der Waals surface area contributed by atoms with Gasteiger partial charge in [0.05, 0.1) is 24.3 Å². The fourth-order valence-corrected chi connectivity index (χ4v) is 2.11. The van der Waals surface area contributed by atoms with Crippen molar-refractivity contribution in [1.29, 1.82) is 0 Å². The molecule has 0 bridgehead atoms. The zero-order valence-electron chi connectivity index (χ0n) is 14.5. The van der Waals surface area contributed by atoms with Crippen LogP contribution in [0.4, 0.5) is 0 Å². The summed E-state index contributed by atoms with van der Waals surface area (Å²) in [5, 5.41) is 0. The summed E-state index contributed by atoms with van der Waals surface area (Å²) in [5.74, 6) is -1.00. The molecule has 0 saturated carbocycles. The first-order chi connectivity index (χ1) is 10.7. The smallest absolute Gasteiger partial charge is 0.339 e. The predicted molar refractivity (Wildman–Crippen MR) is 93.8 cm³/mol. The van der Waals surface area contributed by atoms with E-state index in [1.807, 2.05) is 34.6 Å². The predicted octanol–water partition coefficient (Wildman–Crippen LogP) is 4.92. The molecule has 0 amide bonds. The van der Waals surface area contributed by atoms with Crippen molar-refractivity contribution in [3.63, 3.8) is 0 Å². The van der Waals surface area contributed by atoms with Gasteiger partial charge in [-0.15, -0.1) is 0 Å². The zero-order chi connectivity index (χ0) is 17.6. The quantitative estimate of drug-likeness (QED) is 0.515. The number of esters is 2. The molecule has 1 aromatic rings. The first kappa shape index (κ1) is 19.7. The van der Waals surface area contributed by atoms with Crippen molar-refractivity contribution in [2.45, 2.75) is 47.5 Å². The van der Waals surface area contributed by atoms with Crippen LogP contribution in [0.1, 0.15) is 66.8 Å². The highest BCUT2D eigenvalue weighted by atomic mass is 79.9. The molecule has 0 heterocycles. The first-order valence-corrected chi connectivity index (χ1v) is 8.59. The van der Waals surface area contributed by atoms with Crippen molar-refractivity contribution in [3.8, 4) is 0 Å². The van der Waals surface area contributed by atoms with Crippen LogP contribution in [0.25, 0.3) is 0 Å².